The van der Waals surface area contributed by atoms with Crippen molar-refractivity contribution in [3.63, 3.8) is 0 Å². The van der Waals surface area contributed by atoms with Crippen LogP contribution in [0.15, 0.2) is 57.4 Å². The number of aromatic nitrogens is 4. The van der Waals surface area contributed by atoms with Crippen molar-refractivity contribution >= 4 is 21.9 Å². The zero-order valence-electron chi connectivity index (χ0n) is 17.8. The van der Waals surface area contributed by atoms with Gasteiger partial charge in [-0.25, -0.2) is 14.5 Å². The fraction of sp³-hybridized carbons (Fsp3) is 0.217. The molecule has 0 atom stereocenters. The number of hydrogen-bond acceptors (Lipinski definition) is 7. The standard InChI is InChI=1S/C23H21BrN4O4/c1-4-30-19-11-5-16(6-12-19)22-25-20(15(3)32-22)13-31-23(29)21-14(2)28(27-26-21)18-9-7-17(24)8-10-18/h5-12H,4,13H2,1-3H3. The van der Waals surface area contributed by atoms with Gasteiger partial charge in [-0.15, -0.1) is 5.10 Å². The van der Waals surface area contributed by atoms with Crippen molar-refractivity contribution in [2.45, 2.75) is 27.4 Å². The van der Waals surface area contributed by atoms with Gasteiger partial charge in [0.2, 0.25) is 5.89 Å². The maximum absolute atomic E-state index is 12.6. The van der Waals surface area contributed by atoms with Crippen LogP contribution in [0.4, 0.5) is 0 Å². The molecular weight excluding hydrogens is 476 g/mol. The molecule has 0 radical (unpaired) electrons. The SMILES string of the molecule is CCOc1ccc(-c2nc(COC(=O)c3nnn(-c4ccc(Br)cc4)c3C)c(C)o2)cc1. The predicted octanol–water partition coefficient (Wildman–Crippen LogP) is 5.06. The minimum absolute atomic E-state index is 0.0320. The fourth-order valence-corrected chi connectivity index (χ4v) is 3.36. The first-order valence-corrected chi connectivity index (χ1v) is 10.8. The van der Waals surface area contributed by atoms with E-state index in [0.717, 1.165) is 21.5 Å². The highest BCUT2D eigenvalue weighted by molar-refractivity contribution is 9.10. The van der Waals surface area contributed by atoms with Crippen LogP contribution >= 0.6 is 15.9 Å². The van der Waals surface area contributed by atoms with Crippen LogP contribution in [0.25, 0.3) is 17.1 Å². The topological polar surface area (TPSA) is 92.3 Å². The highest BCUT2D eigenvalue weighted by Crippen LogP contribution is 2.25. The molecule has 164 valence electrons. The molecule has 32 heavy (non-hydrogen) atoms. The average Bonchev–Trinajstić information content (AvgIpc) is 3.36. The van der Waals surface area contributed by atoms with Crippen LogP contribution in [0.2, 0.25) is 0 Å². The Balaban J connectivity index is 1.45. The second kappa shape index (κ2) is 9.35. The summed E-state index contributed by atoms with van der Waals surface area (Å²) in [7, 11) is 0. The van der Waals surface area contributed by atoms with Gasteiger partial charge in [-0.3, -0.25) is 0 Å². The maximum atomic E-state index is 12.6. The third-order valence-electron chi connectivity index (χ3n) is 4.80. The van der Waals surface area contributed by atoms with E-state index in [1.807, 2.05) is 55.5 Å². The number of rotatable bonds is 7. The molecule has 0 amide bonds. The Morgan fingerprint density at radius 1 is 1.09 bits per heavy atom. The molecule has 2 heterocycles. The van der Waals surface area contributed by atoms with Gasteiger partial charge in [-0.05, 0) is 69.3 Å². The quantitative estimate of drug-likeness (QED) is 0.330. The maximum Gasteiger partial charge on any atom is 0.361 e. The second-order valence-electron chi connectivity index (χ2n) is 6.97. The lowest BCUT2D eigenvalue weighted by molar-refractivity contribution is 0.0459. The number of carbonyl (C=O) groups is 1. The van der Waals surface area contributed by atoms with Crippen molar-refractivity contribution in [1.29, 1.82) is 0 Å². The van der Waals surface area contributed by atoms with Crippen molar-refractivity contribution in [2.75, 3.05) is 6.61 Å². The molecule has 0 aliphatic rings. The highest BCUT2D eigenvalue weighted by atomic mass is 79.9. The minimum Gasteiger partial charge on any atom is -0.494 e. The summed E-state index contributed by atoms with van der Waals surface area (Å²) in [4.78, 5) is 17.1. The van der Waals surface area contributed by atoms with E-state index < -0.39 is 5.97 Å². The summed E-state index contributed by atoms with van der Waals surface area (Å²) in [6.45, 7) is 6.05. The molecule has 2 aromatic heterocycles. The summed E-state index contributed by atoms with van der Waals surface area (Å²) in [5.74, 6) is 1.24. The van der Waals surface area contributed by atoms with Crippen LogP contribution < -0.4 is 4.74 Å². The van der Waals surface area contributed by atoms with Crippen LogP contribution in [0, 0.1) is 13.8 Å². The van der Waals surface area contributed by atoms with Crippen molar-refractivity contribution in [2.24, 2.45) is 0 Å². The van der Waals surface area contributed by atoms with Gasteiger partial charge in [0.25, 0.3) is 0 Å². The molecule has 0 fully saturated rings. The van der Waals surface area contributed by atoms with Crippen LogP contribution in [0.1, 0.15) is 34.6 Å². The third kappa shape index (κ3) is 4.57. The van der Waals surface area contributed by atoms with Gasteiger partial charge >= 0.3 is 5.97 Å². The minimum atomic E-state index is -0.573. The Bertz CT molecular complexity index is 1230. The Labute approximate surface area is 193 Å². The Hall–Kier alpha value is -3.46. The number of nitrogens with zero attached hydrogens (tertiary/aromatic N) is 4. The summed E-state index contributed by atoms with van der Waals surface area (Å²) in [6.07, 6.45) is 0. The van der Waals surface area contributed by atoms with Gasteiger partial charge in [-0.2, -0.15) is 0 Å². The van der Waals surface area contributed by atoms with E-state index in [4.69, 9.17) is 13.9 Å². The number of oxazole rings is 1. The lowest BCUT2D eigenvalue weighted by Crippen LogP contribution is -2.09. The molecular formula is C23H21BrN4O4. The molecule has 0 spiro atoms. The van der Waals surface area contributed by atoms with Gasteiger partial charge < -0.3 is 13.9 Å². The molecule has 0 N–H and O–H groups in total. The summed E-state index contributed by atoms with van der Waals surface area (Å²) >= 11 is 3.40. The van der Waals surface area contributed by atoms with E-state index in [1.54, 1.807) is 18.5 Å². The summed E-state index contributed by atoms with van der Waals surface area (Å²) in [5, 5.41) is 8.08. The molecule has 0 unspecified atom stereocenters. The smallest absolute Gasteiger partial charge is 0.361 e. The average molecular weight is 497 g/mol. The first-order chi connectivity index (χ1) is 15.5. The summed E-state index contributed by atoms with van der Waals surface area (Å²) < 4.78 is 19.2. The highest BCUT2D eigenvalue weighted by Gasteiger charge is 2.20. The monoisotopic (exact) mass is 496 g/mol. The number of benzene rings is 2. The summed E-state index contributed by atoms with van der Waals surface area (Å²) in [6, 6.07) is 15.0. The van der Waals surface area contributed by atoms with Crippen molar-refractivity contribution in [1.82, 2.24) is 20.0 Å². The normalized spacial score (nSPS) is 10.9. The number of hydrogen-bond donors (Lipinski definition) is 0. The molecule has 0 aliphatic carbocycles. The van der Waals surface area contributed by atoms with Crippen LogP contribution in [0.3, 0.4) is 0 Å². The fourth-order valence-electron chi connectivity index (χ4n) is 3.09. The van der Waals surface area contributed by atoms with E-state index in [-0.39, 0.29) is 12.3 Å². The summed E-state index contributed by atoms with van der Waals surface area (Å²) in [5.41, 5.74) is 2.89. The second-order valence-corrected chi connectivity index (χ2v) is 7.88. The molecule has 0 bridgehead atoms. The first kappa shape index (κ1) is 21.8. The van der Waals surface area contributed by atoms with Crippen LogP contribution in [0.5, 0.6) is 5.75 Å². The Kier molecular flexibility index (Phi) is 6.36. The van der Waals surface area contributed by atoms with E-state index in [1.165, 1.54) is 0 Å². The Morgan fingerprint density at radius 2 is 1.81 bits per heavy atom. The van der Waals surface area contributed by atoms with Gasteiger partial charge in [0.1, 0.15) is 23.8 Å². The van der Waals surface area contributed by atoms with E-state index in [2.05, 4.69) is 31.2 Å². The first-order valence-electron chi connectivity index (χ1n) is 10.0. The van der Waals surface area contributed by atoms with E-state index in [0.29, 0.717) is 29.6 Å². The van der Waals surface area contributed by atoms with Gasteiger partial charge in [0.15, 0.2) is 5.69 Å². The van der Waals surface area contributed by atoms with Gasteiger partial charge in [0, 0.05) is 10.0 Å². The van der Waals surface area contributed by atoms with E-state index >= 15 is 0 Å². The van der Waals surface area contributed by atoms with Crippen molar-refractivity contribution in [3.05, 3.63) is 75.8 Å². The van der Waals surface area contributed by atoms with E-state index in [9.17, 15) is 4.79 Å². The van der Waals surface area contributed by atoms with Crippen molar-refractivity contribution in [3.8, 4) is 22.9 Å². The van der Waals surface area contributed by atoms with Crippen molar-refractivity contribution < 1.29 is 18.7 Å². The molecule has 4 aromatic rings. The molecule has 2 aromatic carbocycles. The molecule has 4 rings (SSSR count). The number of aryl methyl sites for hydroxylation is 1. The molecule has 8 nitrogen and oxygen atoms in total. The largest absolute Gasteiger partial charge is 0.494 e. The number of carbonyl (C=O) groups excluding carboxylic acids is 1. The van der Waals surface area contributed by atoms with Gasteiger partial charge in [-0.1, -0.05) is 21.1 Å². The number of halogens is 1. The lowest BCUT2D eigenvalue weighted by Gasteiger charge is -2.04. The zero-order valence-corrected chi connectivity index (χ0v) is 19.4. The van der Waals surface area contributed by atoms with Crippen LogP contribution in [-0.2, 0) is 11.3 Å². The Morgan fingerprint density at radius 3 is 2.50 bits per heavy atom. The number of esters is 1. The molecule has 0 saturated heterocycles. The molecule has 9 heteroatoms. The third-order valence-corrected chi connectivity index (χ3v) is 5.33. The zero-order chi connectivity index (χ0) is 22.7. The molecule has 0 aliphatic heterocycles. The van der Waals surface area contributed by atoms with Gasteiger partial charge in [0.05, 0.1) is 18.0 Å². The van der Waals surface area contributed by atoms with Crippen LogP contribution in [-0.4, -0.2) is 32.6 Å². The predicted molar refractivity (Wildman–Crippen MR) is 121 cm³/mol. The number of ether oxygens (including phenoxy) is 2. The molecule has 0 saturated carbocycles. The lowest BCUT2D eigenvalue weighted by atomic mass is 10.2.